The Morgan fingerprint density at radius 3 is 2.31 bits per heavy atom. The lowest BCUT2D eigenvalue weighted by molar-refractivity contribution is 0.486. The summed E-state index contributed by atoms with van der Waals surface area (Å²) in [6, 6.07) is 13.0. The molecule has 2 aromatic carbocycles. The highest BCUT2D eigenvalue weighted by molar-refractivity contribution is 7.87. The fourth-order valence-corrected chi connectivity index (χ4v) is 3.14. The Labute approximate surface area is 151 Å². The first-order chi connectivity index (χ1) is 12.3. The first-order valence-electron chi connectivity index (χ1n) is 7.80. The van der Waals surface area contributed by atoms with Gasteiger partial charge in [0, 0.05) is 0 Å². The first kappa shape index (κ1) is 17.7. The lowest BCUT2D eigenvalue weighted by Gasteiger charge is -2.07. The number of imidazole rings is 1. The van der Waals surface area contributed by atoms with Gasteiger partial charge in [0.15, 0.2) is 0 Å². The van der Waals surface area contributed by atoms with Crippen LogP contribution in [-0.2, 0) is 10.1 Å². The molecule has 0 aliphatic heterocycles. The van der Waals surface area contributed by atoms with Crippen LogP contribution >= 0.6 is 0 Å². The number of nitrogens with two attached hydrogens (primary N) is 1. The Balaban J connectivity index is 1.73. The van der Waals surface area contributed by atoms with E-state index in [-0.39, 0.29) is 10.6 Å². The van der Waals surface area contributed by atoms with Crippen LogP contribution < -0.4 is 9.92 Å². The van der Waals surface area contributed by atoms with Crippen molar-refractivity contribution in [2.45, 2.75) is 18.7 Å². The van der Waals surface area contributed by atoms with Gasteiger partial charge < -0.3 is 9.92 Å². The summed E-state index contributed by atoms with van der Waals surface area (Å²) in [5.41, 5.74) is 8.22. The van der Waals surface area contributed by atoms with E-state index in [1.807, 2.05) is 13.8 Å². The molecule has 0 saturated carbocycles. The number of hydrogen-bond donors (Lipinski definition) is 1. The standard InChI is InChI=1S/C18H18N4O3S/c1-13-3-9-17(10-4-13)26(23,24)25-16-7-5-15(6-8-16)11-20-22-12-14(2)21-18(22)19/h3-12H,1-2H3,(H2,19,21). The lowest BCUT2D eigenvalue weighted by Crippen LogP contribution is -2.09. The van der Waals surface area contributed by atoms with E-state index < -0.39 is 10.1 Å². The van der Waals surface area contributed by atoms with Crippen LogP contribution in [0.15, 0.2) is 64.7 Å². The molecule has 8 heteroatoms. The molecule has 26 heavy (non-hydrogen) atoms. The molecule has 0 radical (unpaired) electrons. The molecule has 0 atom stereocenters. The van der Waals surface area contributed by atoms with Crippen LogP contribution in [0.1, 0.15) is 16.8 Å². The van der Waals surface area contributed by atoms with Crippen molar-refractivity contribution in [2.75, 3.05) is 5.73 Å². The molecular formula is C18H18N4O3S. The van der Waals surface area contributed by atoms with Crippen LogP contribution in [0.4, 0.5) is 5.95 Å². The van der Waals surface area contributed by atoms with Gasteiger partial charge in [-0.05, 0) is 55.8 Å². The van der Waals surface area contributed by atoms with E-state index in [0.717, 1.165) is 16.8 Å². The Kier molecular flexibility index (Phi) is 4.77. The third kappa shape index (κ3) is 4.09. The van der Waals surface area contributed by atoms with Crippen LogP contribution in [-0.4, -0.2) is 24.3 Å². The van der Waals surface area contributed by atoms with Gasteiger partial charge >= 0.3 is 10.1 Å². The summed E-state index contributed by atoms with van der Waals surface area (Å²) in [5.74, 6) is 0.517. The van der Waals surface area contributed by atoms with Gasteiger partial charge in [-0.3, -0.25) is 0 Å². The zero-order chi connectivity index (χ0) is 18.7. The number of anilines is 1. The Morgan fingerprint density at radius 1 is 1.08 bits per heavy atom. The molecule has 1 aromatic heterocycles. The topological polar surface area (TPSA) is 99.6 Å². The molecule has 0 amide bonds. The van der Waals surface area contributed by atoms with E-state index in [2.05, 4.69) is 10.1 Å². The van der Waals surface area contributed by atoms with Crippen molar-refractivity contribution >= 4 is 22.3 Å². The second kappa shape index (κ2) is 7.01. The van der Waals surface area contributed by atoms with Crippen molar-refractivity contribution < 1.29 is 12.6 Å². The van der Waals surface area contributed by atoms with Crippen molar-refractivity contribution in [1.29, 1.82) is 0 Å². The largest absolute Gasteiger partial charge is 0.379 e. The number of benzene rings is 2. The average Bonchev–Trinajstić information content (AvgIpc) is 2.92. The fourth-order valence-electron chi connectivity index (χ4n) is 2.21. The van der Waals surface area contributed by atoms with E-state index in [1.54, 1.807) is 48.8 Å². The minimum absolute atomic E-state index is 0.111. The minimum atomic E-state index is -3.86. The number of nitrogen functional groups attached to an aromatic ring is 1. The van der Waals surface area contributed by atoms with E-state index in [0.29, 0.717) is 5.95 Å². The van der Waals surface area contributed by atoms with Gasteiger partial charge in [0.05, 0.1) is 18.1 Å². The number of aromatic nitrogens is 2. The second-order valence-electron chi connectivity index (χ2n) is 5.75. The molecule has 0 saturated heterocycles. The molecule has 2 N–H and O–H groups in total. The van der Waals surface area contributed by atoms with E-state index in [1.165, 1.54) is 16.8 Å². The molecular weight excluding hydrogens is 352 g/mol. The zero-order valence-electron chi connectivity index (χ0n) is 14.3. The predicted molar refractivity (Wildman–Crippen MR) is 99.8 cm³/mol. The van der Waals surface area contributed by atoms with Crippen LogP contribution in [0.25, 0.3) is 0 Å². The summed E-state index contributed by atoms with van der Waals surface area (Å²) in [6.07, 6.45) is 3.30. The molecule has 3 aromatic rings. The number of aryl methyl sites for hydroxylation is 2. The van der Waals surface area contributed by atoms with E-state index >= 15 is 0 Å². The molecule has 1 heterocycles. The SMILES string of the molecule is Cc1ccc(S(=O)(=O)Oc2ccc(C=Nn3cc(C)nc3N)cc2)cc1. The van der Waals surface area contributed by atoms with Crippen molar-refractivity contribution in [1.82, 2.24) is 9.66 Å². The molecule has 0 aliphatic carbocycles. The van der Waals surface area contributed by atoms with Crippen LogP contribution in [0, 0.1) is 13.8 Å². The van der Waals surface area contributed by atoms with Gasteiger partial charge in [-0.2, -0.15) is 13.5 Å². The maximum absolute atomic E-state index is 12.3. The van der Waals surface area contributed by atoms with Crippen LogP contribution in [0.3, 0.4) is 0 Å². The Bertz CT molecular complexity index is 1040. The third-order valence-corrected chi connectivity index (χ3v) is 4.82. The highest BCUT2D eigenvalue weighted by atomic mass is 32.2. The molecule has 0 aliphatic rings. The average molecular weight is 370 g/mol. The second-order valence-corrected chi connectivity index (χ2v) is 7.30. The first-order valence-corrected chi connectivity index (χ1v) is 9.21. The number of nitrogens with zero attached hydrogens (tertiary/aromatic N) is 3. The highest BCUT2D eigenvalue weighted by Gasteiger charge is 2.16. The summed E-state index contributed by atoms with van der Waals surface area (Å²) < 4.78 is 31.2. The summed E-state index contributed by atoms with van der Waals surface area (Å²) in [7, 11) is -3.86. The molecule has 0 bridgehead atoms. The van der Waals surface area contributed by atoms with Crippen molar-refractivity contribution in [3.05, 3.63) is 71.5 Å². The van der Waals surface area contributed by atoms with Crippen molar-refractivity contribution in [3.63, 3.8) is 0 Å². The predicted octanol–water partition coefficient (Wildman–Crippen LogP) is 2.73. The maximum Gasteiger partial charge on any atom is 0.339 e. The van der Waals surface area contributed by atoms with Gasteiger partial charge in [-0.1, -0.05) is 17.7 Å². The smallest absolute Gasteiger partial charge is 0.339 e. The monoisotopic (exact) mass is 370 g/mol. The van der Waals surface area contributed by atoms with Gasteiger partial charge in [-0.25, -0.2) is 9.66 Å². The molecule has 0 unspecified atom stereocenters. The molecule has 0 fully saturated rings. The van der Waals surface area contributed by atoms with E-state index in [4.69, 9.17) is 9.92 Å². The number of rotatable bonds is 5. The maximum atomic E-state index is 12.3. The Morgan fingerprint density at radius 2 is 1.73 bits per heavy atom. The molecule has 7 nitrogen and oxygen atoms in total. The molecule has 0 spiro atoms. The highest BCUT2D eigenvalue weighted by Crippen LogP contribution is 2.19. The van der Waals surface area contributed by atoms with Crippen molar-refractivity contribution in [3.8, 4) is 5.75 Å². The normalized spacial score (nSPS) is 11.8. The summed E-state index contributed by atoms with van der Waals surface area (Å²) in [5, 5.41) is 4.20. The minimum Gasteiger partial charge on any atom is -0.379 e. The van der Waals surface area contributed by atoms with Gasteiger partial charge in [0.25, 0.3) is 0 Å². The molecule has 134 valence electrons. The summed E-state index contributed by atoms with van der Waals surface area (Å²) in [6.45, 7) is 3.71. The van der Waals surface area contributed by atoms with Gasteiger partial charge in [0.2, 0.25) is 5.95 Å². The Hall–Kier alpha value is -3.13. The fraction of sp³-hybridized carbons (Fsp3) is 0.111. The van der Waals surface area contributed by atoms with Gasteiger partial charge in [-0.15, -0.1) is 0 Å². The summed E-state index contributed by atoms with van der Waals surface area (Å²) >= 11 is 0. The number of hydrogen-bond acceptors (Lipinski definition) is 6. The van der Waals surface area contributed by atoms with Gasteiger partial charge in [0.1, 0.15) is 10.6 Å². The van der Waals surface area contributed by atoms with Crippen LogP contribution in [0.5, 0.6) is 5.75 Å². The zero-order valence-corrected chi connectivity index (χ0v) is 15.1. The lowest BCUT2D eigenvalue weighted by atomic mass is 10.2. The quantitative estimate of drug-likeness (QED) is 0.550. The summed E-state index contributed by atoms with van der Waals surface area (Å²) in [4.78, 5) is 4.16. The van der Waals surface area contributed by atoms with E-state index in [9.17, 15) is 8.42 Å². The third-order valence-electron chi connectivity index (χ3n) is 3.56. The van der Waals surface area contributed by atoms with Crippen molar-refractivity contribution in [2.24, 2.45) is 5.10 Å². The molecule has 3 rings (SSSR count). The van der Waals surface area contributed by atoms with Crippen LogP contribution in [0.2, 0.25) is 0 Å².